The van der Waals surface area contributed by atoms with E-state index in [9.17, 15) is 4.79 Å². The normalized spacial score (nSPS) is 14.9. The molecule has 1 aliphatic rings. The number of thioether (sulfide) groups is 1. The predicted molar refractivity (Wildman–Crippen MR) is 112 cm³/mol. The fourth-order valence-corrected chi connectivity index (χ4v) is 4.44. The van der Waals surface area contributed by atoms with E-state index in [0.29, 0.717) is 17.0 Å². The third-order valence-corrected chi connectivity index (χ3v) is 6.24. The minimum Gasteiger partial charge on any atom is -0.411 e. The molecule has 0 aliphatic heterocycles. The Bertz CT molecular complexity index is 943. The van der Waals surface area contributed by atoms with Gasteiger partial charge in [-0.15, -0.1) is 10.2 Å². The number of aromatic nitrogens is 2. The van der Waals surface area contributed by atoms with Gasteiger partial charge in [-0.3, -0.25) is 4.79 Å². The molecule has 4 rings (SSSR count). The summed E-state index contributed by atoms with van der Waals surface area (Å²) in [5, 5.41) is 8.60. The van der Waals surface area contributed by atoms with Gasteiger partial charge < -0.3 is 4.42 Å². The van der Waals surface area contributed by atoms with Crippen molar-refractivity contribution in [2.45, 2.75) is 50.2 Å². The number of hydrogen-bond acceptors (Lipinski definition) is 5. The Morgan fingerprint density at radius 1 is 1.04 bits per heavy atom. The highest BCUT2D eigenvalue weighted by Crippen LogP contribution is 2.32. The first-order valence-electron chi connectivity index (χ1n) is 9.86. The maximum Gasteiger partial charge on any atom is 0.277 e. The van der Waals surface area contributed by atoms with Crippen molar-refractivity contribution < 1.29 is 9.21 Å². The molecule has 0 N–H and O–H groups in total. The zero-order chi connectivity index (χ0) is 19.3. The van der Waals surface area contributed by atoms with Crippen LogP contribution in [-0.2, 0) is 0 Å². The average Bonchev–Trinajstić information content (AvgIpc) is 3.22. The number of benzene rings is 2. The Morgan fingerprint density at radius 3 is 2.54 bits per heavy atom. The van der Waals surface area contributed by atoms with Crippen LogP contribution in [0.5, 0.6) is 0 Å². The summed E-state index contributed by atoms with van der Waals surface area (Å²) in [7, 11) is 0. The van der Waals surface area contributed by atoms with Crippen LogP contribution in [0.2, 0.25) is 0 Å². The quantitative estimate of drug-likeness (QED) is 0.376. The largest absolute Gasteiger partial charge is 0.411 e. The van der Waals surface area contributed by atoms with Crippen LogP contribution in [-0.4, -0.2) is 21.7 Å². The van der Waals surface area contributed by atoms with Crippen molar-refractivity contribution in [3.8, 4) is 11.5 Å². The molecule has 0 bridgehead atoms. The highest BCUT2D eigenvalue weighted by molar-refractivity contribution is 7.99. The van der Waals surface area contributed by atoms with Gasteiger partial charge >= 0.3 is 0 Å². The van der Waals surface area contributed by atoms with Crippen molar-refractivity contribution in [3.63, 3.8) is 0 Å². The molecule has 1 heterocycles. The summed E-state index contributed by atoms with van der Waals surface area (Å²) >= 11 is 1.29. The second kappa shape index (κ2) is 8.74. The molecule has 0 unspecified atom stereocenters. The molecule has 5 heteroatoms. The smallest absolute Gasteiger partial charge is 0.277 e. The molecule has 1 aromatic heterocycles. The van der Waals surface area contributed by atoms with Gasteiger partial charge in [-0.2, -0.15) is 0 Å². The first-order chi connectivity index (χ1) is 13.7. The number of carbonyl (C=O) groups excluding carboxylic acids is 1. The number of nitrogens with zero attached hydrogens (tertiary/aromatic N) is 2. The molecule has 0 spiro atoms. The first-order valence-corrected chi connectivity index (χ1v) is 10.8. The average molecular weight is 393 g/mol. The van der Waals surface area contributed by atoms with Gasteiger partial charge in [0.2, 0.25) is 5.89 Å². The number of carbonyl (C=O) groups is 1. The van der Waals surface area contributed by atoms with E-state index >= 15 is 0 Å². The summed E-state index contributed by atoms with van der Waals surface area (Å²) in [6, 6.07) is 16.0. The van der Waals surface area contributed by atoms with Crippen LogP contribution in [0.15, 0.2) is 58.2 Å². The molecule has 1 aliphatic carbocycles. The molecular formula is C23H24N2O2S. The first kappa shape index (κ1) is 18.9. The Kier molecular flexibility index (Phi) is 5.91. The molecule has 144 valence electrons. The maximum atomic E-state index is 12.5. The van der Waals surface area contributed by atoms with Gasteiger partial charge in [0.25, 0.3) is 5.22 Å². The molecule has 4 nitrogen and oxygen atoms in total. The highest BCUT2D eigenvalue weighted by atomic mass is 32.2. The molecule has 0 radical (unpaired) electrons. The molecule has 2 aromatic carbocycles. The van der Waals surface area contributed by atoms with E-state index < -0.39 is 0 Å². The molecule has 0 saturated heterocycles. The Morgan fingerprint density at radius 2 is 1.79 bits per heavy atom. The zero-order valence-corrected chi connectivity index (χ0v) is 16.9. The monoisotopic (exact) mass is 392 g/mol. The third kappa shape index (κ3) is 4.36. The minimum absolute atomic E-state index is 0.0795. The van der Waals surface area contributed by atoms with Crippen molar-refractivity contribution in [2.24, 2.45) is 0 Å². The summed E-state index contributed by atoms with van der Waals surface area (Å²) in [6.07, 6.45) is 6.52. The fourth-order valence-electron chi connectivity index (χ4n) is 3.78. The van der Waals surface area contributed by atoms with E-state index in [2.05, 4.69) is 22.3 Å². The van der Waals surface area contributed by atoms with Gasteiger partial charge in [0.05, 0.1) is 5.75 Å². The van der Waals surface area contributed by atoms with E-state index in [1.54, 1.807) is 0 Å². The summed E-state index contributed by atoms with van der Waals surface area (Å²) < 4.78 is 5.72. The van der Waals surface area contributed by atoms with Gasteiger partial charge in [0.1, 0.15) is 0 Å². The van der Waals surface area contributed by atoms with Crippen LogP contribution in [0, 0.1) is 6.92 Å². The maximum absolute atomic E-state index is 12.5. The second-order valence-corrected chi connectivity index (χ2v) is 8.28. The molecule has 3 aromatic rings. The van der Waals surface area contributed by atoms with E-state index in [-0.39, 0.29) is 11.5 Å². The number of ketones is 1. The Labute approximate surface area is 169 Å². The van der Waals surface area contributed by atoms with Crippen LogP contribution in [0.4, 0.5) is 0 Å². The van der Waals surface area contributed by atoms with E-state index in [0.717, 1.165) is 16.7 Å². The third-order valence-electron chi connectivity index (χ3n) is 5.42. The lowest BCUT2D eigenvalue weighted by atomic mass is 9.84. The summed E-state index contributed by atoms with van der Waals surface area (Å²) in [5.41, 5.74) is 4.11. The van der Waals surface area contributed by atoms with Crippen molar-refractivity contribution >= 4 is 17.5 Å². The van der Waals surface area contributed by atoms with Crippen molar-refractivity contribution in [3.05, 3.63) is 65.2 Å². The summed E-state index contributed by atoms with van der Waals surface area (Å²) in [4.78, 5) is 12.5. The van der Waals surface area contributed by atoms with Gasteiger partial charge in [-0.1, -0.05) is 73.5 Å². The SMILES string of the molecule is Cc1ccccc1-c1nnc(SCC(=O)c2ccc(C3CCCCC3)cc2)o1. The standard InChI is InChI=1S/C23H24N2O2S/c1-16-7-5-6-10-20(16)22-24-25-23(27-22)28-15-21(26)19-13-11-18(12-14-19)17-8-3-2-4-9-17/h5-7,10-14,17H,2-4,8-9,15H2,1H3. The van der Waals surface area contributed by atoms with Gasteiger partial charge in [0, 0.05) is 11.1 Å². The lowest BCUT2D eigenvalue weighted by Crippen LogP contribution is -2.06. The molecule has 1 fully saturated rings. The number of rotatable bonds is 6. The van der Waals surface area contributed by atoms with Crippen LogP contribution in [0.1, 0.15) is 59.5 Å². The summed E-state index contributed by atoms with van der Waals surface area (Å²) in [6.45, 7) is 2.01. The highest BCUT2D eigenvalue weighted by Gasteiger charge is 2.17. The topological polar surface area (TPSA) is 56.0 Å². The molecule has 0 amide bonds. The van der Waals surface area contributed by atoms with Crippen molar-refractivity contribution in [1.29, 1.82) is 0 Å². The molecule has 28 heavy (non-hydrogen) atoms. The fraction of sp³-hybridized carbons (Fsp3) is 0.348. The second-order valence-electron chi connectivity index (χ2n) is 7.36. The van der Waals surface area contributed by atoms with Crippen molar-refractivity contribution in [2.75, 3.05) is 5.75 Å². The van der Waals surface area contributed by atoms with E-state index in [1.165, 1.54) is 49.4 Å². The summed E-state index contributed by atoms with van der Waals surface area (Å²) in [5.74, 6) is 1.52. The number of hydrogen-bond donors (Lipinski definition) is 0. The van der Waals surface area contributed by atoms with Gasteiger partial charge in [-0.05, 0) is 42.9 Å². The molecular weight excluding hydrogens is 368 g/mol. The molecule has 0 atom stereocenters. The van der Waals surface area contributed by atoms with Crippen molar-refractivity contribution in [1.82, 2.24) is 10.2 Å². The van der Waals surface area contributed by atoms with E-state index in [1.807, 2.05) is 43.3 Å². The van der Waals surface area contributed by atoms with Gasteiger partial charge in [0.15, 0.2) is 5.78 Å². The van der Waals surface area contributed by atoms with Gasteiger partial charge in [-0.25, -0.2) is 0 Å². The molecule has 1 saturated carbocycles. The number of aryl methyl sites for hydroxylation is 1. The Balaban J connectivity index is 1.36. The van der Waals surface area contributed by atoms with Crippen LogP contribution in [0.25, 0.3) is 11.5 Å². The van der Waals surface area contributed by atoms with E-state index in [4.69, 9.17) is 4.42 Å². The van der Waals surface area contributed by atoms with Crippen LogP contribution >= 0.6 is 11.8 Å². The zero-order valence-electron chi connectivity index (χ0n) is 16.1. The minimum atomic E-state index is 0.0795. The number of Topliss-reactive ketones (excluding diaryl/α,β-unsaturated/α-hetero) is 1. The Hall–Kier alpha value is -2.40. The lowest BCUT2D eigenvalue weighted by molar-refractivity contribution is 0.102. The predicted octanol–water partition coefficient (Wildman–Crippen LogP) is 6.07. The van der Waals surface area contributed by atoms with Crippen LogP contribution in [0.3, 0.4) is 0 Å². The van der Waals surface area contributed by atoms with Crippen LogP contribution < -0.4 is 0 Å². The lowest BCUT2D eigenvalue weighted by Gasteiger charge is -2.22.